The molecular weight excluding hydrogens is 384 g/mol. The predicted octanol–water partition coefficient (Wildman–Crippen LogP) is 3.91. The van der Waals surface area contributed by atoms with Crippen LogP contribution in [0.4, 0.5) is 0 Å². The molecule has 2 aliphatic carbocycles. The van der Waals surface area contributed by atoms with Crippen LogP contribution < -0.4 is 0 Å². The highest BCUT2D eigenvalue weighted by atomic mass is 16.5. The van der Waals surface area contributed by atoms with Crippen molar-refractivity contribution in [1.82, 2.24) is 0 Å². The first-order valence-corrected chi connectivity index (χ1v) is 10.6. The van der Waals surface area contributed by atoms with E-state index in [-0.39, 0.29) is 29.9 Å². The topological polar surface area (TPSA) is 71.1 Å². The van der Waals surface area contributed by atoms with Gasteiger partial charge in [-0.1, -0.05) is 44.2 Å². The van der Waals surface area contributed by atoms with E-state index in [0.717, 1.165) is 18.4 Å². The van der Waals surface area contributed by atoms with Gasteiger partial charge in [0.25, 0.3) is 0 Å². The number of rotatable bonds is 8. The van der Waals surface area contributed by atoms with Gasteiger partial charge >= 0.3 is 11.9 Å². The molecule has 0 heterocycles. The zero-order valence-corrected chi connectivity index (χ0v) is 18.7. The molecule has 0 amide bonds. The Balaban J connectivity index is 1.96. The van der Waals surface area contributed by atoms with Crippen molar-refractivity contribution in [2.24, 2.45) is 16.7 Å². The maximum atomic E-state index is 13.1. The molecular formula is C24H34O6. The normalized spacial score (nSPS) is 31.9. The first-order chi connectivity index (χ1) is 14.2. The zero-order valence-electron chi connectivity index (χ0n) is 18.7. The molecule has 2 fully saturated rings. The maximum absolute atomic E-state index is 13.1. The molecule has 30 heavy (non-hydrogen) atoms. The zero-order chi connectivity index (χ0) is 22.0. The van der Waals surface area contributed by atoms with E-state index in [1.165, 1.54) is 14.2 Å². The van der Waals surface area contributed by atoms with Crippen LogP contribution in [0.5, 0.6) is 0 Å². The minimum atomic E-state index is -0.539. The smallest absolute Gasteiger partial charge is 0.309 e. The molecule has 0 aliphatic heterocycles. The van der Waals surface area contributed by atoms with E-state index >= 15 is 0 Å². The van der Waals surface area contributed by atoms with Crippen molar-refractivity contribution in [1.29, 1.82) is 0 Å². The van der Waals surface area contributed by atoms with Crippen molar-refractivity contribution in [3.8, 4) is 0 Å². The van der Waals surface area contributed by atoms with E-state index in [9.17, 15) is 9.59 Å². The van der Waals surface area contributed by atoms with Crippen LogP contribution in [-0.4, -0.2) is 45.0 Å². The van der Waals surface area contributed by atoms with Gasteiger partial charge in [-0.3, -0.25) is 9.59 Å². The molecule has 166 valence electrons. The Labute approximate surface area is 179 Å². The van der Waals surface area contributed by atoms with Crippen LogP contribution in [0, 0.1) is 16.7 Å². The fraction of sp³-hybridized carbons (Fsp3) is 0.667. The molecule has 2 bridgehead atoms. The van der Waals surface area contributed by atoms with Gasteiger partial charge in [-0.05, 0) is 36.7 Å². The summed E-state index contributed by atoms with van der Waals surface area (Å²) in [5, 5.41) is 0. The summed E-state index contributed by atoms with van der Waals surface area (Å²) in [6.45, 7) is 4.58. The standard InChI is InChI=1S/C24H34O6/c1-22(2)19(20(26)28-4)23(12-11-18(25)27-3)13-14-24(16-23,29-5)21(22)30-15-17-9-7-6-8-10-17/h6-10,19,21H,11-16H2,1-5H3/t19-,21+,23+,24+/m0/s1. The quantitative estimate of drug-likeness (QED) is 0.596. The number of benzene rings is 1. The summed E-state index contributed by atoms with van der Waals surface area (Å²) in [6.07, 6.45) is 2.78. The minimum Gasteiger partial charge on any atom is -0.469 e. The summed E-state index contributed by atoms with van der Waals surface area (Å²) in [5.74, 6) is -0.904. The molecule has 0 unspecified atom stereocenters. The van der Waals surface area contributed by atoms with E-state index in [0.29, 0.717) is 19.4 Å². The van der Waals surface area contributed by atoms with Gasteiger partial charge in [-0.2, -0.15) is 0 Å². The lowest BCUT2D eigenvalue weighted by molar-refractivity contribution is -0.229. The maximum Gasteiger partial charge on any atom is 0.309 e. The second-order valence-corrected chi connectivity index (χ2v) is 9.34. The third-order valence-electron chi connectivity index (χ3n) is 7.36. The lowest BCUT2D eigenvalue weighted by atomic mass is 9.52. The predicted molar refractivity (Wildman–Crippen MR) is 112 cm³/mol. The summed E-state index contributed by atoms with van der Waals surface area (Å²) in [7, 11) is 4.55. The summed E-state index contributed by atoms with van der Waals surface area (Å²) in [4.78, 5) is 25.0. The molecule has 1 aromatic rings. The van der Waals surface area contributed by atoms with Crippen LogP contribution in [0.1, 0.15) is 51.5 Å². The highest BCUT2D eigenvalue weighted by molar-refractivity contribution is 5.75. The van der Waals surface area contributed by atoms with Crippen molar-refractivity contribution >= 4 is 11.9 Å². The SMILES string of the molecule is COC(=O)CC[C@@]12CC[C@@](OC)(C1)[C@H](OCc1ccccc1)C(C)(C)[C@@H]2C(=O)OC. The van der Waals surface area contributed by atoms with E-state index in [4.69, 9.17) is 18.9 Å². The summed E-state index contributed by atoms with van der Waals surface area (Å²) in [5.41, 5.74) is -0.343. The summed E-state index contributed by atoms with van der Waals surface area (Å²) < 4.78 is 22.8. The third-order valence-corrected chi connectivity index (χ3v) is 7.36. The molecule has 2 aliphatic rings. The van der Waals surface area contributed by atoms with Crippen LogP contribution >= 0.6 is 0 Å². The van der Waals surface area contributed by atoms with Crippen molar-refractivity contribution in [2.45, 2.75) is 64.3 Å². The molecule has 0 N–H and O–H groups in total. The lowest BCUT2D eigenvalue weighted by Crippen LogP contribution is -2.63. The van der Waals surface area contributed by atoms with E-state index in [1.807, 2.05) is 30.3 Å². The lowest BCUT2D eigenvalue weighted by Gasteiger charge is -2.56. The van der Waals surface area contributed by atoms with Gasteiger partial charge in [0.1, 0.15) is 0 Å². The van der Waals surface area contributed by atoms with E-state index < -0.39 is 16.9 Å². The minimum absolute atomic E-state index is 0.246. The average molecular weight is 419 g/mol. The molecule has 0 spiro atoms. The second-order valence-electron chi connectivity index (χ2n) is 9.34. The number of carbonyl (C=O) groups excluding carboxylic acids is 2. The van der Waals surface area contributed by atoms with E-state index in [2.05, 4.69) is 13.8 Å². The number of esters is 2. The fourth-order valence-electron chi connectivity index (χ4n) is 6.21. The Bertz CT molecular complexity index is 760. The van der Waals surface area contributed by atoms with Crippen molar-refractivity contribution in [3.05, 3.63) is 35.9 Å². The van der Waals surface area contributed by atoms with Crippen LogP contribution in [0.15, 0.2) is 30.3 Å². The van der Waals surface area contributed by atoms with Gasteiger partial charge in [0.05, 0.1) is 38.4 Å². The Kier molecular flexibility index (Phi) is 6.58. The first kappa shape index (κ1) is 22.8. The van der Waals surface area contributed by atoms with Gasteiger partial charge in [0, 0.05) is 18.9 Å². The molecule has 0 aromatic heterocycles. The Hall–Kier alpha value is -1.92. The fourth-order valence-corrected chi connectivity index (χ4v) is 6.21. The highest BCUT2D eigenvalue weighted by Gasteiger charge is 2.69. The Morgan fingerprint density at radius 3 is 2.33 bits per heavy atom. The van der Waals surface area contributed by atoms with Gasteiger partial charge in [0.2, 0.25) is 0 Å². The summed E-state index contributed by atoms with van der Waals surface area (Å²) >= 11 is 0. The first-order valence-electron chi connectivity index (χ1n) is 10.6. The van der Waals surface area contributed by atoms with Gasteiger partial charge in [0.15, 0.2) is 0 Å². The molecule has 4 atom stereocenters. The highest BCUT2D eigenvalue weighted by Crippen LogP contribution is 2.66. The van der Waals surface area contributed by atoms with Crippen LogP contribution in [-0.2, 0) is 35.1 Å². The third kappa shape index (κ3) is 3.87. The van der Waals surface area contributed by atoms with Crippen molar-refractivity contribution in [3.63, 3.8) is 0 Å². The van der Waals surface area contributed by atoms with Crippen molar-refractivity contribution < 1.29 is 28.5 Å². The molecule has 0 radical (unpaired) electrons. The van der Waals surface area contributed by atoms with Crippen LogP contribution in [0.2, 0.25) is 0 Å². The van der Waals surface area contributed by atoms with Crippen LogP contribution in [0.25, 0.3) is 0 Å². The molecule has 6 heteroatoms. The summed E-state index contributed by atoms with van der Waals surface area (Å²) in [6, 6.07) is 10.0. The molecule has 6 nitrogen and oxygen atoms in total. The van der Waals surface area contributed by atoms with Gasteiger partial charge in [-0.25, -0.2) is 0 Å². The molecule has 2 saturated carbocycles. The Morgan fingerprint density at radius 2 is 1.73 bits per heavy atom. The molecule has 3 rings (SSSR count). The van der Waals surface area contributed by atoms with E-state index in [1.54, 1.807) is 7.11 Å². The number of methoxy groups -OCH3 is 3. The monoisotopic (exact) mass is 418 g/mol. The van der Waals surface area contributed by atoms with Crippen LogP contribution in [0.3, 0.4) is 0 Å². The number of hydrogen-bond acceptors (Lipinski definition) is 6. The number of carbonyl (C=O) groups is 2. The number of fused-ring (bicyclic) bond motifs is 2. The van der Waals surface area contributed by atoms with Gasteiger partial charge < -0.3 is 18.9 Å². The molecule has 1 aromatic carbocycles. The van der Waals surface area contributed by atoms with Gasteiger partial charge in [-0.15, -0.1) is 0 Å². The Morgan fingerprint density at radius 1 is 1.03 bits per heavy atom. The molecule has 0 saturated heterocycles. The number of ether oxygens (including phenoxy) is 4. The number of hydrogen-bond donors (Lipinski definition) is 0. The van der Waals surface area contributed by atoms with Crippen molar-refractivity contribution in [2.75, 3.05) is 21.3 Å². The second kappa shape index (κ2) is 8.67. The largest absolute Gasteiger partial charge is 0.469 e. The average Bonchev–Trinajstić information content (AvgIpc) is 3.09.